The van der Waals surface area contributed by atoms with Gasteiger partial charge in [0.05, 0.1) is 6.20 Å². The number of aliphatic hydroxyl groups excluding tert-OH is 1. The number of rotatable bonds is 6. The lowest BCUT2D eigenvalue weighted by Gasteiger charge is -2.22. The minimum absolute atomic E-state index is 0.0193. The molecule has 1 aromatic rings. The maximum atomic E-state index is 13.5. The zero-order valence-electron chi connectivity index (χ0n) is 10.4. The summed E-state index contributed by atoms with van der Waals surface area (Å²) in [5.74, 6) is 0.305. The van der Waals surface area contributed by atoms with Crippen molar-refractivity contribution >= 4 is 11.8 Å². The lowest BCUT2D eigenvalue weighted by Crippen LogP contribution is -2.28. The molecule has 1 unspecified atom stereocenters. The summed E-state index contributed by atoms with van der Waals surface area (Å²) in [5.41, 5.74) is 0. The number of aliphatic hydroxyl groups is 1. The molecule has 17 heavy (non-hydrogen) atoms. The topological polar surface area (TPSA) is 70.1 Å². The molecule has 1 atom stereocenters. The number of nitrogens with zero attached hydrogens (tertiary/aromatic N) is 2. The van der Waals surface area contributed by atoms with Crippen molar-refractivity contribution in [2.45, 2.75) is 26.3 Å². The second-order valence-electron chi connectivity index (χ2n) is 4.15. The molecule has 96 valence electrons. The van der Waals surface area contributed by atoms with E-state index in [0.29, 0.717) is 12.4 Å². The Bertz CT molecular complexity index is 359. The maximum Gasteiger partial charge on any atom is 0.224 e. The van der Waals surface area contributed by atoms with Crippen LogP contribution in [-0.2, 0) is 0 Å². The molecule has 1 heterocycles. The molecule has 0 radical (unpaired) electrons. The van der Waals surface area contributed by atoms with E-state index >= 15 is 0 Å². The van der Waals surface area contributed by atoms with Crippen LogP contribution in [0.2, 0.25) is 0 Å². The molecule has 0 saturated heterocycles. The fourth-order valence-corrected chi connectivity index (χ4v) is 1.48. The SMILES string of the molecule is CNc1ncc(F)c(NC(CCO)C(C)C)n1. The van der Waals surface area contributed by atoms with E-state index in [2.05, 4.69) is 20.6 Å². The Kier molecular flexibility index (Phi) is 5.09. The molecular formula is C11H19FN4O. The highest BCUT2D eigenvalue weighted by molar-refractivity contribution is 5.41. The average molecular weight is 242 g/mol. The van der Waals surface area contributed by atoms with Crippen LogP contribution < -0.4 is 10.6 Å². The van der Waals surface area contributed by atoms with E-state index in [9.17, 15) is 4.39 Å². The van der Waals surface area contributed by atoms with Crippen molar-refractivity contribution in [1.82, 2.24) is 9.97 Å². The summed E-state index contributed by atoms with van der Waals surface area (Å²) in [6, 6.07) is -0.0193. The number of hydrogen-bond donors (Lipinski definition) is 3. The van der Waals surface area contributed by atoms with E-state index in [1.807, 2.05) is 13.8 Å². The third kappa shape index (κ3) is 3.81. The van der Waals surface area contributed by atoms with Gasteiger partial charge in [-0.25, -0.2) is 9.37 Å². The fourth-order valence-electron chi connectivity index (χ4n) is 1.48. The minimum Gasteiger partial charge on any atom is -0.396 e. The highest BCUT2D eigenvalue weighted by atomic mass is 19.1. The Labute approximate surface area is 100 Å². The Morgan fingerprint density at radius 3 is 2.71 bits per heavy atom. The van der Waals surface area contributed by atoms with Gasteiger partial charge < -0.3 is 15.7 Å². The van der Waals surface area contributed by atoms with Crippen molar-refractivity contribution in [2.75, 3.05) is 24.3 Å². The van der Waals surface area contributed by atoms with Crippen molar-refractivity contribution in [2.24, 2.45) is 5.92 Å². The Morgan fingerprint density at radius 2 is 2.18 bits per heavy atom. The molecule has 6 heteroatoms. The van der Waals surface area contributed by atoms with E-state index in [4.69, 9.17) is 5.11 Å². The Hall–Kier alpha value is -1.43. The molecule has 3 N–H and O–H groups in total. The number of nitrogens with one attached hydrogen (secondary N) is 2. The van der Waals surface area contributed by atoms with Gasteiger partial charge in [-0.05, 0) is 12.3 Å². The van der Waals surface area contributed by atoms with E-state index in [1.165, 1.54) is 0 Å². The predicted molar refractivity (Wildman–Crippen MR) is 65.5 cm³/mol. The minimum atomic E-state index is -0.493. The second kappa shape index (κ2) is 6.34. The summed E-state index contributed by atoms with van der Waals surface area (Å²) in [5, 5.41) is 14.7. The number of halogens is 1. The molecule has 0 aliphatic rings. The smallest absolute Gasteiger partial charge is 0.224 e. The van der Waals surface area contributed by atoms with E-state index in [-0.39, 0.29) is 24.4 Å². The summed E-state index contributed by atoms with van der Waals surface area (Å²) >= 11 is 0. The lowest BCUT2D eigenvalue weighted by atomic mass is 10.0. The number of hydrogen-bond acceptors (Lipinski definition) is 5. The molecule has 0 aliphatic heterocycles. The molecule has 0 aliphatic carbocycles. The van der Waals surface area contributed by atoms with Gasteiger partial charge in [0.15, 0.2) is 11.6 Å². The van der Waals surface area contributed by atoms with E-state index < -0.39 is 5.82 Å². The normalized spacial score (nSPS) is 12.6. The quantitative estimate of drug-likeness (QED) is 0.705. The zero-order valence-corrected chi connectivity index (χ0v) is 10.4. The highest BCUT2D eigenvalue weighted by Gasteiger charge is 2.16. The fraction of sp³-hybridized carbons (Fsp3) is 0.636. The van der Waals surface area contributed by atoms with Gasteiger partial charge in [-0.1, -0.05) is 13.8 Å². The zero-order chi connectivity index (χ0) is 12.8. The number of anilines is 2. The Morgan fingerprint density at radius 1 is 1.47 bits per heavy atom. The van der Waals surface area contributed by atoms with Crippen molar-refractivity contribution in [3.05, 3.63) is 12.0 Å². The maximum absolute atomic E-state index is 13.5. The highest BCUT2D eigenvalue weighted by Crippen LogP contribution is 2.17. The van der Waals surface area contributed by atoms with Crippen LogP contribution in [0.5, 0.6) is 0 Å². The van der Waals surface area contributed by atoms with Gasteiger partial charge in [0, 0.05) is 19.7 Å². The summed E-state index contributed by atoms with van der Waals surface area (Å²) in [4.78, 5) is 7.77. The molecule has 0 fully saturated rings. The van der Waals surface area contributed by atoms with Crippen LogP contribution >= 0.6 is 0 Å². The van der Waals surface area contributed by atoms with E-state index in [1.54, 1.807) is 7.05 Å². The van der Waals surface area contributed by atoms with Gasteiger partial charge in [0.25, 0.3) is 0 Å². The number of aromatic nitrogens is 2. The first-order valence-corrected chi connectivity index (χ1v) is 5.66. The first-order chi connectivity index (χ1) is 8.08. The average Bonchev–Trinajstić information content (AvgIpc) is 2.31. The van der Waals surface area contributed by atoms with Crippen molar-refractivity contribution < 1.29 is 9.50 Å². The van der Waals surface area contributed by atoms with Gasteiger partial charge in [-0.3, -0.25) is 0 Å². The van der Waals surface area contributed by atoms with Gasteiger partial charge in [-0.2, -0.15) is 4.98 Å². The third-order valence-electron chi connectivity index (χ3n) is 2.53. The van der Waals surface area contributed by atoms with Crippen LogP contribution in [0.4, 0.5) is 16.2 Å². The van der Waals surface area contributed by atoms with Gasteiger partial charge >= 0.3 is 0 Å². The largest absolute Gasteiger partial charge is 0.396 e. The summed E-state index contributed by atoms with van der Waals surface area (Å²) in [6.07, 6.45) is 1.67. The molecule has 0 spiro atoms. The molecule has 5 nitrogen and oxygen atoms in total. The van der Waals surface area contributed by atoms with Crippen LogP contribution in [-0.4, -0.2) is 34.8 Å². The van der Waals surface area contributed by atoms with Crippen molar-refractivity contribution in [3.8, 4) is 0 Å². The molecule has 0 saturated carbocycles. The summed E-state index contributed by atoms with van der Waals surface area (Å²) < 4.78 is 13.5. The second-order valence-corrected chi connectivity index (χ2v) is 4.15. The molecular weight excluding hydrogens is 223 g/mol. The van der Waals surface area contributed by atoms with Crippen LogP contribution in [0, 0.1) is 11.7 Å². The van der Waals surface area contributed by atoms with Crippen LogP contribution in [0.15, 0.2) is 6.20 Å². The predicted octanol–water partition coefficient (Wildman–Crippen LogP) is 1.48. The first-order valence-electron chi connectivity index (χ1n) is 5.66. The van der Waals surface area contributed by atoms with Crippen LogP contribution in [0.25, 0.3) is 0 Å². The summed E-state index contributed by atoms with van der Waals surface area (Å²) in [7, 11) is 1.67. The van der Waals surface area contributed by atoms with Gasteiger partial charge in [-0.15, -0.1) is 0 Å². The molecule has 0 bridgehead atoms. The van der Waals surface area contributed by atoms with Crippen LogP contribution in [0.1, 0.15) is 20.3 Å². The van der Waals surface area contributed by atoms with E-state index in [0.717, 1.165) is 6.20 Å². The van der Waals surface area contributed by atoms with Crippen LogP contribution in [0.3, 0.4) is 0 Å². The lowest BCUT2D eigenvalue weighted by molar-refractivity contribution is 0.267. The van der Waals surface area contributed by atoms with Crippen molar-refractivity contribution in [1.29, 1.82) is 0 Å². The monoisotopic (exact) mass is 242 g/mol. The standard InChI is InChI=1S/C11H19FN4O/c1-7(2)9(4-5-17)15-10-8(12)6-14-11(13-3)16-10/h6-7,9,17H,4-5H2,1-3H3,(H2,13,14,15,16). The molecule has 0 aromatic carbocycles. The van der Waals surface area contributed by atoms with Crippen molar-refractivity contribution in [3.63, 3.8) is 0 Å². The molecule has 0 amide bonds. The molecule has 1 rings (SSSR count). The summed E-state index contributed by atoms with van der Waals surface area (Å²) in [6.45, 7) is 4.07. The van der Waals surface area contributed by atoms with Gasteiger partial charge in [0.1, 0.15) is 0 Å². The Balaban J connectivity index is 2.84. The van der Waals surface area contributed by atoms with Gasteiger partial charge in [0.2, 0.25) is 5.95 Å². The third-order valence-corrected chi connectivity index (χ3v) is 2.53. The molecule has 1 aromatic heterocycles. The first kappa shape index (κ1) is 13.6.